The Morgan fingerprint density at radius 1 is 1.47 bits per heavy atom. The Labute approximate surface area is 112 Å². The smallest absolute Gasteiger partial charge is 0.233 e. The summed E-state index contributed by atoms with van der Waals surface area (Å²) in [4.78, 5) is 23.8. The normalized spacial score (nSPS) is 16.9. The summed E-state index contributed by atoms with van der Waals surface area (Å²) in [6.07, 6.45) is 0.291. The van der Waals surface area contributed by atoms with Crippen molar-refractivity contribution in [1.29, 1.82) is 0 Å². The lowest BCUT2D eigenvalue weighted by Crippen LogP contribution is -2.33. The summed E-state index contributed by atoms with van der Waals surface area (Å²) in [5.74, 6) is 0.431. The number of Topliss-reactive ketones (excluding diaryl/α,β-unsaturated/α-hetero) is 1. The topological polar surface area (TPSA) is 81.4 Å². The molecule has 0 bridgehead atoms. The maximum Gasteiger partial charge on any atom is 0.233 e. The third-order valence-electron chi connectivity index (χ3n) is 3.12. The number of rotatable bonds is 3. The van der Waals surface area contributed by atoms with Gasteiger partial charge in [-0.1, -0.05) is 0 Å². The molecule has 19 heavy (non-hydrogen) atoms. The highest BCUT2D eigenvalue weighted by atomic mass is 16.5. The molecule has 3 N–H and O–H groups in total. The molecule has 1 aromatic carbocycles. The standard InChI is InChI=1S/C14H18N2O3/c1-14(2)8-19-12-4-3-9(11(17)5-6-15)7-10(12)16-13(14)18/h3-4,7H,5-6,8,15H2,1-2H3,(H,16,18). The van der Waals surface area contributed by atoms with Gasteiger partial charge in [-0.3, -0.25) is 9.59 Å². The predicted octanol–water partition coefficient (Wildman–Crippen LogP) is 1.58. The second-order valence-electron chi connectivity index (χ2n) is 5.30. The molecular weight excluding hydrogens is 244 g/mol. The Bertz CT molecular complexity index is 523. The minimum atomic E-state index is -0.597. The number of ketones is 1. The molecule has 0 atom stereocenters. The van der Waals surface area contributed by atoms with Crippen LogP contribution in [0.3, 0.4) is 0 Å². The van der Waals surface area contributed by atoms with Crippen molar-refractivity contribution in [3.05, 3.63) is 23.8 Å². The molecule has 1 heterocycles. The molecule has 2 rings (SSSR count). The van der Waals surface area contributed by atoms with Crippen molar-refractivity contribution in [2.24, 2.45) is 11.1 Å². The fraction of sp³-hybridized carbons (Fsp3) is 0.429. The van der Waals surface area contributed by atoms with Crippen molar-refractivity contribution < 1.29 is 14.3 Å². The van der Waals surface area contributed by atoms with Crippen molar-refractivity contribution in [2.75, 3.05) is 18.5 Å². The van der Waals surface area contributed by atoms with Crippen LogP contribution in [0.4, 0.5) is 5.69 Å². The largest absolute Gasteiger partial charge is 0.490 e. The lowest BCUT2D eigenvalue weighted by Gasteiger charge is -2.18. The third kappa shape index (κ3) is 2.76. The summed E-state index contributed by atoms with van der Waals surface area (Å²) in [5, 5.41) is 2.80. The number of ether oxygens (including phenoxy) is 1. The van der Waals surface area contributed by atoms with E-state index in [1.165, 1.54) is 0 Å². The maximum absolute atomic E-state index is 12.0. The quantitative estimate of drug-likeness (QED) is 0.810. The summed E-state index contributed by atoms with van der Waals surface area (Å²) in [6.45, 7) is 4.25. The van der Waals surface area contributed by atoms with Crippen LogP contribution in [0.1, 0.15) is 30.6 Å². The number of hydrogen-bond donors (Lipinski definition) is 2. The van der Waals surface area contributed by atoms with E-state index in [-0.39, 0.29) is 11.7 Å². The van der Waals surface area contributed by atoms with Gasteiger partial charge in [-0.25, -0.2) is 0 Å². The first kappa shape index (κ1) is 13.5. The molecule has 1 aliphatic heterocycles. The van der Waals surface area contributed by atoms with Crippen molar-refractivity contribution in [2.45, 2.75) is 20.3 Å². The van der Waals surface area contributed by atoms with E-state index in [4.69, 9.17) is 10.5 Å². The van der Waals surface area contributed by atoms with E-state index in [9.17, 15) is 9.59 Å². The molecule has 5 nitrogen and oxygen atoms in total. The van der Waals surface area contributed by atoms with Crippen LogP contribution in [0, 0.1) is 5.41 Å². The summed E-state index contributed by atoms with van der Waals surface area (Å²) < 4.78 is 5.61. The number of anilines is 1. The van der Waals surface area contributed by atoms with Gasteiger partial charge in [0.05, 0.1) is 11.1 Å². The summed E-state index contributed by atoms with van der Waals surface area (Å²) in [7, 11) is 0. The number of carbonyl (C=O) groups excluding carboxylic acids is 2. The van der Waals surface area contributed by atoms with E-state index < -0.39 is 5.41 Å². The van der Waals surface area contributed by atoms with Gasteiger partial charge in [0.1, 0.15) is 12.4 Å². The van der Waals surface area contributed by atoms with Gasteiger partial charge in [-0.2, -0.15) is 0 Å². The van der Waals surface area contributed by atoms with Gasteiger partial charge in [-0.15, -0.1) is 0 Å². The molecule has 1 aliphatic rings. The van der Waals surface area contributed by atoms with E-state index in [1.807, 2.05) is 13.8 Å². The SMILES string of the molecule is CC1(C)COc2ccc(C(=O)CCN)cc2NC1=O. The highest BCUT2D eigenvalue weighted by Gasteiger charge is 2.32. The molecule has 102 valence electrons. The van der Waals surface area contributed by atoms with Crippen LogP contribution in [0.5, 0.6) is 5.75 Å². The number of nitrogens with one attached hydrogen (secondary N) is 1. The first-order valence-corrected chi connectivity index (χ1v) is 6.25. The van der Waals surface area contributed by atoms with Crippen LogP contribution >= 0.6 is 0 Å². The Balaban J connectivity index is 2.32. The Hall–Kier alpha value is -1.88. The fourth-order valence-electron chi connectivity index (χ4n) is 1.82. The molecule has 1 aromatic rings. The maximum atomic E-state index is 12.0. The zero-order chi connectivity index (χ0) is 14.0. The van der Waals surface area contributed by atoms with Gasteiger partial charge >= 0.3 is 0 Å². The first-order valence-electron chi connectivity index (χ1n) is 6.25. The second kappa shape index (κ2) is 5.01. The average molecular weight is 262 g/mol. The first-order chi connectivity index (χ1) is 8.94. The van der Waals surface area contributed by atoms with Gasteiger partial charge in [-0.05, 0) is 38.6 Å². The molecule has 0 aliphatic carbocycles. The lowest BCUT2D eigenvalue weighted by atomic mass is 9.94. The van der Waals surface area contributed by atoms with Crippen LogP contribution in [0.2, 0.25) is 0 Å². The number of benzene rings is 1. The molecule has 0 spiro atoms. The molecule has 5 heteroatoms. The van der Waals surface area contributed by atoms with Gasteiger partial charge in [0.2, 0.25) is 5.91 Å². The Morgan fingerprint density at radius 2 is 2.21 bits per heavy atom. The highest BCUT2D eigenvalue weighted by Crippen LogP contribution is 2.33. The van der Waals surface area contributed by atoms with Crippen LogP contribution < -0.4 is 15.8 Å². The zero-order valence-corrected chi connectivity index (χ0v) is 11.2. The molecule has 1 amide bonds. The van der Waals surface area contributed by atoms with Crippen molar-refractivity contribution in [3.8, 4) is 5.75 Å². The molecular formula is C14H18N2O3. The van der Waals surface area contributed by atoms with Crippen molar-refractivity contribution in [3.63, 3.8) is 0 Å². The summed E-state index contributed by atoms with van der Waals surface area (Å²) >= 11 is 0. The summed E-state index contributed by atoms with van der Waals surface area (Å²) in [5.41, 5.74) is 5.85. The van der Waals surface area contributed by atoms with Gasteiger partial charge < -0.3 is 15.8 Å². The number of nitrogens with two attached hydrogens (primary N) is 1. The molecule has 0 fully saturated rings. The van der Waals surface area contributed by atoms with Gasteiger partial charge in [0.25, 0.3) is 0 Å². The monoisotopic (exact) mass is 262 g/mol. The third-order valence-corrected chi connectivity index (χ3v) is 3.12. The van der Waals surface area contributed by atoms with E-state index in [2.05, 4.69) is 5.32 Å². The number of carbonyl (C=O) groups is 2. The van der Waals surface area contributed by atoms with E-state index >= 15 is 0 Å². The van der Waals surface area contributed by atoms with Crippen molar-refractivity contribution in [1.82, 2.24) is 0 Å². The van der Waals surface area contributed by atoms with Crippen LogP contribution in [0.15, 0.2) is 18.2 Å². The fourth-order valence-corrected chi connectivity index (χ4v) is 1.82. The average Bonchev–Trinajstić information content (AvgIpc) is 2.47. The van der Waals surface area contributed by atoms with Crippen molar-refractivity contribution >= 4 is 17.4 Å². The van der Waals surface area contributed by atoms with Gasteiger partial charge in [0.15, 0.2) is 5.78 Å². The molecule has 0 aromatic heterocycles. The van der Waals surface area contributed by atoms with E-state index in [0.29, 0.717) is 36.6 Å². The minimum absolute atomic E-state index is 0.0388. The highest BCUT2D eigenvalue weighted by molar-refractivity contribution is 6.01. The zero-order valence-electron chi connectivity index (χ0n) is 11.2. The Kier molecular flexibility index (Phi) is 3.57. The summed E-state index contributed by atoms with van der Waals surface area (Å²) in [6, 6.07) is 5.05. The molecule has 0 radical (unpaired) electrons. The molecule has 0 saturated heterocycles. The second-order valence-corrected chi connectivity index (χ2v) is 5.30. The number of amides is 1. The van der Waals surface area contributed by atoms with Crippen LogP contribution in [-0.4, -0.2) is 24.8 Å². The number of hydrogen-bond acceptors (Lipinski definition) is 4. The Morgan fingerprint density at radius 3 is 2.89 bits per heavy atom. The molecule has 0 saturated carbocycles. The van der Waals surface area contributed by atoms with Crippen LogP contribution in [0.25, 0.3) is 0 Å². The lowest BCUT2D eigenvalue weighted by molar-refractivity contribution is -0.124. The minimum Gasteiger partial charge on any atom is -0.490 e. The predicted molar refractivity (Wildman–Crippen MR) is 72.3 cm³/mol. The van der Waals surface area contributed by atoms with E-state index in [1.54, 1.807) is 18.2 Å². The number of fused-ring (bicyclic) bond motifs is 1. The van der Waals surface area contributed by atoms with Crippen LogP contribution in [-0.2, 0) is 4.79 Å². The van der Waals surface area contributed by atoms with Gasteiger partial charge in [0, 0.05) is 12.0 Å². The molecule has 0 unspecified atom stereocenters. The van der Waals surface area contributed by atoms with E-state index in [0.717, 1.165) is 0 Å².